The molecule has 0 spiro atoms. The molecule has 0 N–H and O–H groups in total. The summed E-state index contributed by atoms with van der Waals surface area (Å²) in [7, 11) is 0. The van der Waals surface area contributed by atoms with Crippen LogP contribution in [0.2, 0.25) is 0 Å². The van der Waals surface area contributed by atoms with Crippen molar-refractivity contribution in [2.24, 2.45) is 0 Å². The van der Waals surface area contributed by atoms with Crippen LogP contribution in [0.4, 0.5) is 0 Å². The molecule has 0 saturated heterocycles. The largest absolute Gasteiger partial charge is 0.462 e. The highest BCUT2D eigenvalue weighted by Crippen LogP contribution is 2.17. The van der Waals surface area contributed by atoms with Crippen LogP contribution in [-0.2, 0) is 11.2 Å². The average Bonchev–Trinajstić information content (AvgIpc) is 2.59. The lowest BCUT2D eigenvalue weighted by atomic mass is 9.97. The Morgan fingerprint density at radius 1 is 0.909 bits per heavy atom. The molecule has 0 amide bonds. The summed E-state index contributed by atoms with van der Waals surface area (Å²) in [4.78, 5) is 24.7. The fraction of sp³-hybridized carbons (Fsp3) is 0.263. The molecule has 0 atom stereocenters. The molecule has 3 heteroatoms. The minimum atomic E-state index is -0.448. The number of benzene rings is 2. The van der Waals surface area contributed by atoms with Crippen molar-refractivity contribution in [1.82, 2.24) is 0 Å². The molecule has 0 heterocycles. The standard InChI is InChI=1S/C19H20O3/c1-3-13-22-19(21)17-8-6-5-7-16(17)18(20)15-11-9-14(4-2)10-12-15/h5-12H,3-4,13H2,1-2H3. The predicted octanol–water partition coefficient (Wildman–Crippen LogP) is 4.05. The summed E-state index contributed by atoms with van der Waals surface area (Å²) >= 11 is 0. The van der Waals surface area contributed by atoms with Gasteiger partial charge in [0.2, 0.25) is 0 Å². The van der Waals surface area contributed by atoms with Crippen LogP contribution >= 0.6 is 0 Å². The number of ketones is 1. The zero-order valence-corrected chi connectivity index (χ0v) is 13.0. The van der Waals surface area contributed by atoms with Crippen LogP contribution in [-0.4, -0.2) is 18.4 Å². The van der Waals surface area contributed by atoms with Crippen molar-refractivity contribution in [3.63, 3.8) is 0 Å². The molecular formula is C19H20O3. The topological polar surface area (TPSA) is 43.4 Å². The van der Waals surface area contributed by atoms with Crippen LogP contribution in [0.3, 0.4) is 0 Å². The van der Waals surface area contributed by atoms with Crippen LogP contribution in [0.15, 0.2) is 48.5 Å². The first kappa shape index (κ1) is 16.0. The van der Waals surface area contributed by atoms with Crippen LogP contribution in [0.25, 0.3) is 0 Å². The van der Waals surface area contributed by atoms with E-state index in [4.69, 9.17) is 4.74 Å². The van der Waals surface area contributed by atoms with E-state index in [0.29, 0.717) is 23.3 Å². The second-order valence-corrected chi connectivity index (χ2v) is 5.06. The Hall–Kier alpha value is -2.42. The van der Waals surface area contributed by atoms with Gasteiger partial charge in [0.1, 0.15) is 0 Å². The smallest absolute Gasteiger partial charge is 0.338 e. The Bertz CT molecular complexity index is 657. The Balaban J connectivity index is 2.30. The van der Waals surface area contributed by atoms with E-state index in [2.05, 4.69) is 6.92 Å². The minimum Gasteiger partial charge on any atom is -0.462 e. The normalized spacial score (nSPS) is 10.3. The fourth-order valence-electron chi connectivity index (χ4n) is 2.18. The third-order valence-electron chi connectivity index (χ3n) is 3.45. The van der Waals surface area contributed by atoms with Crippen molar-refractivity contribution in [3.05, 3.63) is 70.8 Å². The number of hydrogen-bond acceptors (Lipinski definition) is 3. The zero-order chi connectivity index (χ0) is 15.9. The third-order valence-corrected chi connectivity index (χ3v) is 3.45. The van der Waals surface area contributed by atoms with Gasteiger partial charge in [-0.25, -0.2) is 4.79 Å². The number of hydrogen-bond donors (Lipinski definition) is 0. The van der Waals surface area contributed by atoms with Gasteiger partial charge in [-0.15, -0.1) is 0 Å². The van der Waals surface area contributed by atoms with Gasteiger partial charge in [-0.2, -0.15) is 0 Å². The lowest BCUT2D eigenvalue weighted by Gasteiger charge is -2.09. The molecule has 0 aliphatic carbocycles. The van der Waals surface area contributed by atoms with Gasteiger partial charge in [0.05, 0.1) is 12.2 Å². The summed E-state index contributed by atoms with van der Waals surface area (Å²) in [6.45, 7) is 4.35. The Kier molecular flexibility index (Phi) is 5.48. The van der Waals surface area contributed by atoms with E-state index in [1.165, 1.54) is 5.56 Å². The van der Waals surface area contributed by atoms with Gasteiger partial charge >= 0.3 is 5.97 Å². The second-order valence-electron chi connectivity index (χ2n) is 5.06. The summed E-state index contributed by atoms with van der Waals surface area (Å²) in [5, 5.41) is 0. The van der Waals surface area contributed by atoms with Crippen LogP contribution in [0, 0.1) is 0 Å². The Labute approximate surface area is 130 Å². The fourth-order valence-corrected chi connectivity index (χ4v) is 2.18. The lowest BCUT2D eigenvalue weighted by molar-refractivity contribution is 0.0502. The summed E-state index contributed by atoms with van der Waals surface area (Å²) in [5.41, 5.74) is 2.45. The van der Waals surface area contributed by atoms with Gasteiger partial charge in [-0.1, -0.05) is 56.3 Å². The van der Waals surface area contributed by atoms with Crippen molar-refractivity contribution in [1.29, 1.82) is 0 Å². The molecule has 0 bridgehead atoms. The molecule has 3 nitrogen and oxygen atoms in total. The molecule has 0 unspecified atom stereocenters. The SMILES string of the molecule is CCCOC(=O)c1ccccc1C(=O)c1ccc(CC)cc1. The van der Waals surface area contributed by atoms with Crippen molar-refractivity contribution in [3.8, 4) is 0 Å². The van der Waals surface area contributed by atoms with Gasteiger partial charge in [0, 0.05) is 11.1 Å². The molecule has 0 aromatic heterocycles. The van der Waals surface area contributed by atoms with Crippen LogP contribution in [0.1, 0.15) is 52.1 Å². The van der Waals surface area contributed by atoms with E-state index in [1.54, 1.807) is 36.4 Å². The molecule has 0 fully saturated rings. The maximum atomic E-state index is 12.6. The molecule has 22 heavy (non-hydrogen) atoms. The van der Waals surface area contributed by atoms with Gasteiger partial charge in [0.15, 0.2) is 5.78 Å². The number of aryl methyl sites for hydroxylation is 1. The molecule has 0 aliphatic rings. The van der Waals surface area contributed by atoms with E-state index >= 15 is 0 Å². The molecule has 0 radical (unpaired) electrons. The summed E-state index contributed by atoms with van der Waals surface area (Å²) < 4.78 is 5.15. The van der Waals surface area contributed by atoms with Crippen molar-refractivity contribution < 1.29 is 14.3 Å². The van der Waals surface area contributed by atoms with Gasteiger partial charge in [-0.3, -0.25) is 4.79 Å². The molecule has 0 aliphatic heterocycles. The first-order valence-electron chi connectivity index (χ1n) is 7.57. The van der Waals surface area contributed by atoms with Crippen molar-refractivity contribution in [2.45, 2.75) is 26.7 Å². The molecule has 2 aromatic rings. The van der Waals surface area contributed by atoms with Crippen LogP contribution < -0.4 is 0 Å². The average molecular weight is 296 g/mol. The molecule has 2 aromatic carbocycles. The number of esters is 1. The van der Waals surface area contributed by atoms with Crippen LogP contribution in [0.5, 0.6) is 0 Å². The Morgan fingerprint density at radius 3 is 2.14 bits per heavy atom. The summed E-state index contributed by atoms with van der Waals surface area (Å²) in [6.07, 6.45) is 1.68. The highest BCUT2D eigenvalue weighted by molar-refractivity contribution is 6.14. The number of rotatable bonds is 6. The highest BCUT2D eigenvalue weighted by atomic mass is 16.5. The van der Waals surface area contributed by atoms with E-state index < -0.39 is 5.97 Å². The van der Waals surface area contributed by atoms with Crippen molar-refractivity contribution in [2.75, 3.05) is 6.61 Å². The van der Waals surface area contributed by atoms with E-state index in [9.17, 15) is 9.59 Å². The third kappa shape index (κ3) is 3.61. The molecular weight excluding hydrogens is 276 g/mol. The quantitative estimate of drug-likeness (QED) is 0.596. The maximum absolute atomic E-state index is 12.6. The summed E-state index contributed by atoms with van der Waals surface area (Å²) in [6, 6.07) is 14.3. The first-order chi connectivity index (χ1) is 10.7. The number of ether oxygens (including phenoxy) is 1. The van der Waals surface area contributed by atoms with Gasteiger partial charge in [-0.05, 0) is 24.5 Å². The van der Waals surface area contributed by atoms with E-state index in [1.807, 2.05) is 19.1 Å². The van der Waals surface area contributed by atoms with Gasteiger partial charge < -0.3 is 4.74 Å². The molecule has 2 rings (SSSR count). The number of carbonyl (C=O) groups is 2. The minimum absolute atomic E-state index is 0.160. The molecule has 0 saturated carbocycles. The predicted molar refractivity (Wildman–Crippen MR) is 86.3 cm³/mol. The second kappa shape index (κ2) is 7.55. The first-order valence-corrected chi connectivity index (χ1v) is 7.57. The highest BCUT2D eigenvalue weighted by Gasteiger charge is 2.18. The monoisotopic (exact) mass is 296 g/mol. The van der Waals surface area contributed by atoms with Gasteiger partial charge in [0.25, 0.3) is 0 Å². The maximum Gasteiger partial charge on any atom is 0.338 e. The number of carbonyl (C=O) groups excluding carboxylic acids is 2. The molecule has 114 valence electrons. The van der Waals surface area contributed by atoms with Crippen molar-refractivity contribution >= 4 is 11.8 Å². The van der Waals surface area contributed by atoms with E-state index in [0.717, 1.165) is 12.8 Å². The van der Waals surface area contributed by atoms with E-state index in [-0.39, 0.29) is 5.78 Å². The Morgan fingerprint density at radius 2 is 1.55 bits per heavy atom. The zero-order valence-electron chi connectivity index (χ0n) is 13.0. The summed E-state index contributed by atoms with van der Waals surface area (Å²) in [5.74, 6) is -0.609. The lowest BCUT2D eigenvalue weighted by Crippen LogP contribution is -2.13.